The molecule has 1 aliphatic heterocycles. The lowest BCUT2D eigenvalue weighted by Crippen LogP contribution is -2.40. The smallest absolute Gasteiger partial charge is 0.420 e. The third-order valence-electron chi connectivity index (χ3n) is 5.48. The molecule has 0 N–H and O–H groups in total. The first-order chi connectivity index (χ1) is 14.0. The molecule has 0 unspecified atom stereocenters. The summed E-state index contributed by atoms with van der Waals surface area (Å²) >= 11 is 0. The summed E-state index contributed by atoms with van der Waals surface area (Å²) in [5, 5.41) is 0. The molecule has 0 atom stereocenters. The Balaban J connectivity index is 1.53. The number of aryl methyl sites for hydroxylation is 1. The van der Waals surface area contributed by atoms with Crippen molar-refractivity contribution in [2.75, 3.05) is 27.3 Å². The van der Waals surface area contributed by atoms with E-state index in [2.05, 4.69) is 0 Å². The molecule has 0 radical (unpaired) electrons. The van der Waals surface area contributed by atoms with Gasteiger partial charge in [-0.2, -0.15) is 0 Å². The van der Waals surface area contributed by atoms with Gasteiger partial charge in [0.25, 0.3) is 5.91 Å². The van der Waals surface area contributed by atoms with Gasteiger partial charge in [-0.1, -0.05) is 6.07 Å². The molecule has 7 heteroatoms. The van der Waals surface area contributed by atoms with E-state index >= 15 is 0 Å². The molecule has 1 saturated heterocycles. The van der Waals surface area contributed by atoms with Gasteiger partial charge in [-0.3, -0.25) is 9.36 Å². The van der Waals surface area contributed by atoms with Crippen molar-refractivity contribution in [2.24, 2.45) is 0 Å². The average Bonchev–Trinajstić information content (AvgIpc) is 3.07. The number of methoxy groups -OCH3 is 2. The summed E-state index contributed by atoms with van der Waals surface area (Å²) in [6.45, 7) is 3.12. The number of ether oxygens (including phenoxy) is 2. The van der Waals surface area contributed by atoms with E-state index < -0.39 is 0 Å². The minimum atomic E-state index is -0.340. The normalized spacial score (nSPS) is 14.9. The summed E-state index contributed by atoms with van der Waals surface area (Å²) in [5.74, 6) is 0.748. The molecule has 1 amide bonds. The van der Waals surface area contributed by atoms with E-state index in [1.54, 1.807) is 37.0 Å². The number of nitrogens with zero attached hydrogens (tertiary/aromatic N) is 2. The summed E-state index contributed by atoms with van der Waals surface area (Å²) in [7, 11) is 3.12. The molecule has 7 nitrogen and oxygen atoms in total. The molecule has 2 aromatic carbocycles. The number of benzene rings is 2. The monoisotopic (exact) mass is 396 g/mol. The van der Waals surface area contributed by atoms with Crippen molar-refractivity contribution in [3.63, 3.8) is 0 Å². The SMILES string of the molecule is COc1cc(OC)cc(C(=O)N2CCC(n3c(=O)oc4ccc(C)cc43)CC2)c1. The number of piperidine rings is 1. The molecule has 1 aliphatic rings. The molecule has 1 aromatic heterocycles. The van der Waals surface area contributed by atoms with Gasteiger partial charge < -0.3 is 18.8 Å². The number of likely N-dealkylation sites (tertiary alicyclic amines) is 1. The van der Waals surface area contributed by atoms with Gasteiger partial charge >= 0.3 is 5.76 Å². The van der Waals surface area contributed by atoms with Crippen LogP contribution in [0.15, 0.2) is 45.6 Å². The molecule has 0 saturated carbocycles. The van der Waals surface area contributed by atoms with Crippen molar-refractivity contribution in [3.8, 4) is 11.5 Å². The fourth-order valence-electron chi connectivity index (χ4n) is 3.93. The lowest BCUT2D eigenvalue weighted by atomic mass is 10.0. The summed E-state index contributed by atoms with van der Waals surface area (Å²) in [4.78, 5) is 27.2. The maximum Gasteiger partial charge on any atom is 0.420 e. The van der Waals surface area contributed by atoms with Crippen molar-refractivity contribution in [1.29, 1.82) is 0 Å². The Morgan fingerprint density at radius 3 is 2.31 bits per heavy atom. The number of fused-ring (bicyclic) bond motifs is 1. The van der Waals surface area contributed by atoms with Gasteiger partial charge in [0.1, 0.15) is 11.5 Å². The van der Waals surface area contributed by atoms with Crippen LogP contribution >= 0.6 is 0 Å². The number of carbonyl (C=O) groups is 1. The molecule has 2 heterocycles. The Morgan fingerprint density at radius 1 is 1.03 bits per heavy atom. The predicted molar refractivity (Wildman–Crippen MR) is 109 cm³/mol. The van der Waals surface area contributed by atoms with Crippen LogP contribution < -0.4 is 15.2 Å². The van der Waals surface area contributed by atoms with E-state index in [9.17, 15) is 9.59 Å². The molecular formula is C22H24N2O5. The summed E-state index contributed by atoms with van der Waals surface area (Å²) in [6, 6.07) is 10.9. The molecule has 1 fully saturated rings. The van der Waals surface area contributed by atoms with Crippen molar-refractivity contribution in [3.05, 3.63) is 58.1 Å². The van der Waals surface area contributed by atoms with E-state index in [1.165, 1.54) is 0 Å². The van der Waals surface area contributed by atoms with Crippen LogP contribution in [0, 0.1) is 6.92 Å². The van der Waals surface area contributed by atoms with E-state index in [0.717, 1.165) is 11.1 Å². The van der Waals surface area contributed by atoms with Gasteiger partial charge in [0, 0.05) is 30.8 Å². The number of oxazole rings is 1. The number of carbonyl (C=O) groups excluding carboxylic acids is 1. The molecule has 0 bridgehead atoms. The van der Waals surface area contributed by atoms with E-state index in [0.29, 0.717) is 48.6 Å². The Hall–Kier alpha value is -3.22. The van der Waals surface area contributed by atoms with Gasteiger partial charge in [0.2, 0.25) is 0 Å². The summed E-state index contributed by atoms with van der Waals surface area (Å²) in [5.41, 5.74) is 3.02. The largest absolute Gasteiger partial charge is 0.497 e. The first-order valence-electron chi connectivity index (χ1n) is 9.64. The number of aromatic nitrogens is 1. The number of rotatable bonds is 4. The second-order valence-corrected chi connectivity index (χ2v) is 7.33. The van der Waals surface area contributed by atoms with Crippen molar-refractivity contribution < 1.29 is 18.7 Å². The standard InChI is InChI=1S/C22H24N2O5/c1-14-4-5-20-19(10-14)24(22(26)29-20)16-6-8-23(9-7-16)21(25)15-11-17(27-2)13-18(12-15)28-3/h4-5,10-13,16H,6-9H2,1-3H3. The van der Waals surface area contributed by atoms with Crippen LogP contribution in [0.3, 0.4) is 0 Å². The molecule has 0 aliphatic carbocycles. The predicted octanol–water partition coefficient (Wildman–Crippen LogP) is 3.40. The van der Waals surface area contributed by atoms with Crippen LogP contribution in [0.5, 0.6) is 11.5 Å². The fourth-order valence-corrected chi connectivity index (χ4v) is 3.93. The lowest BCUT2D eigenvalue weighted by Gasteiger charge is -2.32. The Kier molecular flexibility index (Phi) is 5.05. The third-order valence-corrected chi connectivity index (χ3v) is 5.48. The summed E-state index contributed by atoms with van der Waals surface area (Å²) in [6.07, 6.45) is 1.38. The Labute approximate surface area is 168 Å². The van der Waals surface area contributed by atoms with Gasteiger partial charge in [0.05, 0.1) is 19.7 Å². The third kappa shape index (κ3) is 3.60. The minimum absolute atomic E-state index is 0.00875. The molecule has 4 rings (SSSR count). The van der Waals surface area contributed by atoms with E-state index in [4.69, 9.17) is 13.9 Å². The number of amides is 1. The van der Waals surface area contributed by atoms with Crippen LogP contribution in [-0.4, -0.2) is 42.7 Å². The van der Waals surface area contributed by atoms with Gasteiger partial charge in [-0.15, -0.1) is 0 Å². The highest BCUT2D eigenvalue weighted by atomic mass is 16.5. The second-order valence-electron chi connectivity index (χ2n) is 7.33. The fraction of sp³-hybridized carbons (Fsp3) is 0.364. The molecule has 152 valence electrons. The van der Waals surface area contributed by atoms with Gasteiger partial charge in [-0.25, -0.2) is 4.79 Å². The van der Waals surface area contributed by atoms with Crippen molar-refractivity contribution >= 4 is 17.0 Å². The second kappa shape index (κ2) is 7.66. The number of hydrogen-bond donors (Lipinski definition) is 0. The Bertz CT molecular complexity index is 1080. The van der Waals surface area contributed by atoms with Crippen molar-refractivity contribution in [1.82, 2.24) is 9.47 Å². The van der Waals surface area contributed by atoms with E-state index in [-0.39, 0.29) is 17.7 Å². The van der Waals surface area contributed by atoms with Gasteiger partial charge in [0.15, 0.2) is 5.58 Å². The minimum Gasteiger partial charge on any atom is -0.497 e. The van der Waals surface area contributed by atoms with E-state index in [1.807, 2.05) is 30.0 Å². The lowest BCUT2D eigenvalue weighted by molar-refractivity contribution is 0.0693. The first-order valence-corrected chi connectivity index (χ1v) is 9.64. The molecular weight excluding hydrogens is 372 g/mol. The van der Waals surface area contributed by atoms with Crippen molar-refractivity contribution in [2.45, 2.75) is 25.8 Å². The van der Waals surface area contributed by atoms with Crippen LogP contribution in [-0.2, 0) is 0 Å². The molecule has 29 heavy (non-hydrogen) atoms. The topological polar surface area (TPSA) is 73.9 Å². The van der Waals surface area contributed by atoms with Crippen LogP contribution in [0.1, 0.15) is 34.8 Å². The zero-order valence-electron chi connectivity index (χ0n) is 16.8. The highest BCUT2D eigenvalue weighted by Crippen LogP contribution is 2.28. The van der Waals surface area contributed by atoms with Gasteiger partial charge in [-0.05, 0) is 49.6 Å². The zero-order valence-corrected chi connectivity index (χ0v) is 16.8. The summed E-state index contributed by atoms with van der Waals surface area (Å²) < 4.78 is 17.7. The average molecular weight is 396 g/mol. The van der Waals surface area contributed by atoms with Crippen LogP contribution in [0.25, 0.3) is 11.1 Å². The van der Waals surface area contributed by atoms with Crippen LogP contribution in [0.4, 0.5) is 0 Å². The zero-order chi connectivity index (χ0) is 20.5. The maximum absolute atomic E-state index is 13.0. The van der Waals surface area contributed by atoms with Crippen LogP contribution in [0.2, 0.25) is 0 Å². The first kappa shape index (κ1) is 19.1. The maximum atomic E-state index is 13.0. The number of hydrogen-bond acceptors (Lipinski definition) is 5. The molecule has 0 spiro atoms. The highest BCUT2D eigenvalue weighted by Gasteiger charge is 2.27. The highest BCUT2D eigenvalue weighted by molar-refractivity contribution is 5.95. The Morgan fingerprint density at radius 2 is 1.69 bits per heavy atom. The quantitative estimate of drug-likeness (QED) is 0.676. The molecule has 3 aromatic rings.